The van der Waals surface area contributed by atoms with Crippen molar-refractivity contribution in [3.8, 4) is 17.0 Å². The Morgan fingerprint density at radius 2 is 2.10 bits per heavy atom. The summed E-state index contributed by atoms with van der Waals surface area (Å²) < 4.78 is 42.7. The van der Waals surface area contributed by atoms with Gasteiger partial charge in [-0.1, -0.05) is 36.4 Å². The Morgan fingerprint density at radius 1 is 1.33 bits per heavy atom. The first kappa shape index (κ1) is 28.7. The van der Waals surface area contributed by atoms with Gasteiger partial charge in [0.1, 0.15) is 5.69 Å². The Hall–Kier alpha value is -3.34. The molecule has 0 bridgehead atoms. The number of rotatable bonds is 11. The van der Waals surface area contributed by atoms with E-state index in [1.165, 1.54) is 24.4 Å². The minimum Gasteiger partial charge on any atom is -0.465 e. The molecule has 2 N–H and O–H groups in total. The third-order valence-corrected chi connectivity index (χ3v) is 6.53. The van der Waals surface area contributed by atoms with Gasteiger partial charge >= 0.3 is 7.60 Å². The molecular weight excluding hydrogens is 550 g/mol. The molecule has 1 atom stereocenters. The summed E-state index contributed by atoms with van der Waals surface area (Å²) >= 11 is 6.38. The lowest BCUT2D eigenvalue weighted by Gasteiger charge is -2.30. The average Bonchev–Trinajstić information content (AvgIpc) is 2.89. The van der Waals surface area contributed by atoms with Crippen LogP contribution in [0.4, 0.5) is 21.7 Å². The highest BCUT2D eigenvalue weighted by Gasteiger charge is 2.22. The maximum absolute atomic E-state index is 15.4. The van der Waals surface area contributed by atoms with Crippen LogP contribution in [0.5, 0.6) is 5.75 Å². The molecule has 1 fully saturated rings. The molecule has 1 aliphatic rings. The van der Waals surface area contributed by atoms with E-state index in [0.29, 0.717) is 37.6 Å². The number of carbonyl (C=O) groups excluding carboxylic acids is 1. The van der Waals surface area contributed by atoms with Crippen LogP contribution in [0.25, 0.3) is 11.3 Å². The number of ether oxygens (including phenoxy) is 2. The van der Waals surface area contributed by atoms with Gasteiger partial charge in [-0.25, -0.2) is 14.4 Å². The third-order valence-electron chi connectivity index (χ3n) is 5.67. The van der Waals surface area contributed by atoms with Gasteiger partial charge in [0.05, 0.1) is 30.1 Å². The third kappa shape index (κ3) is 7.84. The zero-order valence-electron chi connectivity index (χ0n) is 21.1. The summed E-state index contributed by atoms with van der Waals surface area (Å²) in [4.78, 5) is 31.7. The molecule has 206 valence electrons. The van der Waals surface area contributed by atoms with Crippen molar-refractivity contribution < 1.29 is 32.6 Å². The Labute approximate surface area is 229 Å². The smallest absolute Gasteiger partial charge is 0.327 e. The second-order valence-electron chi connectivity index (χ2n) is 8.66. The number of nitrogens with zero attached hydrogens (tertiary/aromatic N) is 3. The number of allylic oxidation sites excluding steroid dienone is 1. The van der Waals surface area contributed by atoms with E-state index in [2.05, 4.69) is 21.9 Å². The van der Waals surface area contributed by atoms with Gasteiger partial charge in [0.25, 0.3) is 0 Å². The van der Waals surface area contributed by atoms with Crippen LogP contribution in [0, 0.1) is 5.82 Å². The quantitative estimate of drug-likeness (QED) is 0.183. The van der Waals surface area contributed by atoms with E-state index >= 15 is 4.39 Å². The zero-order chi connectivity index (χ0) is 28.0. The molecule has 0 amide bonds. The first-order valence-electron chi connectivity index (χ1n) is 11.9. The Bertz CT molecular complexity index is 1410. The van der Waals surface area contributed by atoms with Crippen molar-refractivity contribution in [1.29, 1.82) is 0 Å². The van der Waals surface area contributed by atoms with E-state index in [1.54, 1.807) is 23.1 Å². The summed E-state index contributed by atoms with van der Waals surface area (Å²) in [6, 6.07) is 10.0. The summed E-state index contributed by atoms with van der Waals surface area (Å²) in [6.07, 6.45) is 2.87. The van der Waals surface area contributed by atoms with Gasteiger partial charge in [0.15, 0.2) is 24.1 Å². The Balaban J connectivity index is 1.63. The number of carbonyl (C=O) groups is 1. The number of nitrogens with one attached hydrogen (secondary N) is 1. The van der Waals surface area contributed by atoms with Crippen molar-refractivity contribution in [2.75, 3.05) is 50.0 Å². The Morgan fingerprint density at radius 3 is 2.82 bits per heavy atom. The minimum atomic E-state index is -3.81. The van der Waals surface area contributed by atoms with Gasteiger partial charge in [0.2, 0.25) is 5.95 Å². The SMILES string of the molecule is C=CC(=O)Cc1cccc(-c2nc(Nc3cc(F)c(N4CCOCC4)c(OCOP(C)(=O)O)c3)ncc2Cl)c1. The van der Waals surface area contributed by atoms with Gasteiger partial charge in [-0.2, -0.15) is 0 Å². The molecule has 0 spiro atoms. The minimum absolute atomic E-state index is 0.0987. The average molecular weight is 577 g/mol. The van der Waals surface area contributed by atoms with Crippen LogP contribution in [0.2, 0.25) is 5.02 Å². The molecule has 10 nitrogen and oxygen atoms in total. The normalized spacial score (nSPS) is 14.9. The fraction of sp³-hybridized carbons (Fsp3) is 0.269. The van der Waals surface area contributed by atoms with E-state index < -0.39 is 20.2 Å². The van der Waals surface area contributed by atoms with Crippen molar-refractivity contribution in [3.63, 3.8) is 0 Å². The topological polar surface area (TPSA) is 123 Å². The lowest BCUT2D eigenvalue weighted by Crippen LogP contribution is -2.37. The molecule has 3 aromatic rings. The van der Waals surface area contributed by atoms with Crippen molar-refractivity contribution in [3.05, 3.63) is 71.7 Å². The van der Waals surface area contributed by atoms with Crippen LogP contribution in [-0.2, 0) is 25.0 Å². The van der Waals surface area contributed by atoms with E-state index in [0.717, 1.165) is 12.2 Å². The predicted octanol–water partition coefficient (Wildman–Crippen LogP) is 4.98. The van der Waals surface area contributed by atoms with E-state index in [1.807, 2.05) is 6.07 Å². The maximum Gasteiger partial charge on any atom is 0.327 e. The Kier molecular flexibility index (Phi) is 9.32. The number of morpholine rings is 1. The highest BCUT2D eigenvalue weighted by molar-refractivity contribution is 7.51. The van der Waals surface area contributed by atoms with Crippen LogP contribution >= 0.6 is 19.2 Å². The fourth-order valence-electron chi connectivity index (χ4n) is 3.90. The van der Waals surface area contributed by atoms with Crippen LogP contribution in [0.3, 0.4) is 0 Å². The highest BCUT2D eigenvalue weighted by atomic mass is 35.5. The molecule has 0 aliphatic carbocycles. The van der Waals surface area contributed by atoms with Gasteiger partial charge in [0, 0.05) is 43.5 Å². The van der Waals surface area contributed by atoms with Crippen molar-refractivity contribution in [1.82, 2.24) is 9.97 Å². The van der Waals surface area contributed by atoms with Crippen molar-refractivity contribution in [2.24, 2.45) is 0 Å². The lowest BCUT2D eigenvalue weighted by molar-refractivity contribution is -0.114. The monoisotopic (exact) mass is 576 g/mol. The number of aromatic nitrogens is 2. The van der Waals surface area contributed by atoms with E-state index in [-0.39, 0.29) is 40.3 Å². The molecule has 2 aromatic carbocycles. The van der Waals surface area contributed by atoms with Crippen LogP contribution < -0.4 is 15.0 Å². The van der Waals surface area contributed by atoms with E-state index in [4.69, 9.17) is 25.6 Å². The molecule has 1 aliphatic heterocycles. The van der Waals surface area contributed by atoms with E-state index in [9.17, 15) is 14.3 Å². The summed E-state index contributed by atoms with van der Waals surface area (Å²) in [6.45, 7) is 5.68. The molecule has 1 saturated heterocycles. The number of anilines is 3. The molecule has 13 heteroatoms. The largest absolute Gasteiger partial charge is 0.465 e. The van der Waals surface area contributed by atoms with Crippen LogP contribution in [0.15, 0.2) is 55.3 Å². The van der Waals surface area contributed by atoms with Gasteiger partial charge in [-0.3, -0.25) is 13.9 Å². The van der Waals surface area contributed by atoms with Crippen molar-refractivity contribution >= 4 is 42.3 Å². The highest BCUT2D eigenvalue weighted by Crippen LogP contribution is 2.39. The molecule has 4 rings (SSSR count). The zero-order valence-corrected chi connectivity index (χ0v) is 22.8. The van der Waals surface area contributed by atoms with Crippen molar-refractivity contribution in [2.45, 2.75) is 6.42 Å². The van der Waals surface area contributed by atoms with Gasteiger partial charge in [-0.15, -0.1) is 0 Å². The molecule has 0 saturated carbocycles. The van der Waals surface area contributed by atoms with Crippen LogP contribution in [0.1, 0.15) is 5.56 Å². The fourth-order valence-corrected chi connectivity index (χ4v) is 4.35. The van der Waals surface area contributed by atoms with Gasteiger partial charge < -0.3 is 24.6 Å². The number of halogens is 2. The summed E-state index contributed by atoms with van der Waals surface area (Å²) in [5, 5.41) is 3.25. The number of benzene rings is 2. The number of hydrogen-bond donors (Lipinski definition) is 2. The molecular formula is C26H27ClFN4O6P. The summed E-state index contributed by atoms with van der Waals surface area (Å²) in [5.41, 5.74) is 2.30. The first-order chi connectivity index (χ1) is 18.6. The summed E-state index contributed by atoms with van der Waals surface area (Å²) in [7, 11) is -3.81. The molecule has 1 aromatic heterocycles. The molecule has 2 heterocycles. The number of ketones is 1. The van der Waals surface area contributed by atoms with Gasteiger partial charge in [-0.05, 0) is 23.8 Å². The second kappa shape index (κ2) is 12.7. The number of hydrogen-bond acceptors (Lipinski definition) is 9. The summed E-state index contributed by atoms with van der Waals surface area (Å²) in [5.74, 6) is -0.470. The molecule has 39 heavy (non-hydrogen) atoms. The maximum atomic E-state index is 15.4. The molecule has 1 unspecified atom stereocenters. The standard InChI is InChI=1S/C26H27ClFN4O6P/c1-3-20(33)12-17-5-4-6-18(11-17)24-21(27)15-29-26(31-24)30-19-13-22(28)25(32-7-9-36-10-8-32)23(14-19)37-16-38-39(2,34)35/h3-6,11,13-15H,1,7-10,12,16H2,2H3,(H,34,35)(H,29,30,31). The predicted molar refractivity (Wildman–Crippen MR) is 146 cm³/mol. The lowest BCUT2D eigenvalue weighted by atomic mass is 10.0. The first-order valence-corrected chi connectivity index (χ1v) is 14.3. The molecule has 0 radical (unpaired) electrons. The second-order valence-corrected chi connectivity index (χ2v) is 10.9. The van der Waals surface area contributed by atoms with Crippen LogP contribution in [-0.4, -0.2) is 60.4 Å².